The van der Waals surface area contributed by atoms with Gasteiger partial charge in [-0.3, -0.25) is 4.79 Å². The normalized spacial score (nSPS) is 13.8. The summed E-state index contributed by atoms with van der Waals surface area (Å²) in [6.45, 7) is 4.43. The van der Waals surface area contributed by atoms with Crippen molar-refractivity contribution in [3.8, 4) is 34.0 Å². The molecule has 5 nitrogen and oxygen atoms in total. The molecule has 0 spiro atoms. The lowest BCUT2D eigenvalue weighted by atomic mass is 9.68. The van der Waals surface area contributed by atoms with Crippen LogP contribution < -0.4 is 9.64 Å². The highest BCUT2D eigenvalue weighted by Crippen LogP contribution is 2.51. The third-order valence-electron chi connectivity index (χ3n) is 13.5. The van der Waals surface area contributed by atoms with Crippen molar-refractivity contribution in [2.75, 3.05) is 4.90 Å². The Morgan fingerprint density at radius 3 is 1.57 bits per heavy atom. The minimum absolute atomic E-state index is 0.0902. The van der Waals surface area contributed by atoms with Crippen LogP contribution in [0.5, 0.6) is 11.5 Å². The number of carbonyl (C=O) groups excluding carboxylic acids is 1. The van der Waals surface area contributed by atoms with Gasteiger partial charge in [0.2, 0.25) is 0 Å². The van der Waals surface area contributed by atoms with Gasteiger partial charge in [0.1, 0.15) is 0 Å². The molecule has 0 saturated carbocycles. The van der Waals surface area contributed by atoms with E-state index in [0.29, 0.717) is 0 Å². The largest absolute Gasteiger partial charge is 0.453 e. The summed E-state index contributed by atoms with van der Waals surface area (Å²) < 4.78 is 11.2. The maximum Gasteiger partial charge on any atom is 0.193 e. The molecule has 0 radical (unpaired) electrons. The summed E-state index contributed by atoms with van der Waals surface area (Å²) in [5, 5.41) is 4.77. The van der Waals surface area contributed by atoms with E-state index in [9.17, 15) is 4.79 Å². The van der Waals surface area contributed by atoms with Crippen molar-refractivity contribution in [3.63, 3.8) is 0 Å². The number of anilines is 3. The first-order valence-electron chi connectivity index (χ1n) is 21.5. The lowest BCUT2D eigenvalue weighted by Crippen LogP contribution is -2.30. The average Bonchev–Trinajstić information content (AvgIpc) is 3.84. The second-order valence-electron chi connectivity index (χ2n) is 17.3. The lowest BCUT2D eigenvalue weighted by molar-refractivity contribution is 0.103. The Morgan fingerprint density at radius 1 is 0.397 bits per heavy atom. The molecule has 2 aromatic heterocycles. The molecule has 1 aliphatic carbocycles. The van der Waals surface area contributed by atoms with Gasteiger partial charge in [0.05, 0.1) is 33.4 Å². The molecule has 3 heterocycles. The molecule has 63 heavy (non-hydrogen) atoms. The first-order chi connectivity index (χ1) is 30.9. The number of rotatable bonds is 4. The molecule has 2 aliphatic rings. The summed E-state index contributed by atoms with van der Waals surface area (Å²) in [7, 11) is 0. The summed E-state index contributed by atoms with van der Waals surface area (Å²) in [5.41, 5.74) is 15.3. The minimum Gasteiger partial charge on any atom is -0.453 e. The number of ketones is 1. The van der Waals surface area contributed by atoms with E-state index in [1.807, 2.05) is 42.5 Å². The molecular formula is C58H39N3O2. The highest BCUT2D eigenvalue weighted by Gasteiger charge is 2.36. The summed E-state index contributed by atoms with van der Waals surface area (Å²) >= 11 is 0. The lowest BCUT2D eigenvalue weighted by Gasteiger charge is -2.34. The van der Waals surface area contributed by atoms with Crippen LogP contribution in [0.3, 0.4) is 0 Å². The molecule has 0 N–H and O–H groups in total. The number of nitrogens with zero attached hydrogens (tertiary/aromatic N) is 3. The second-order valence-corrected chi connectivity index (χ2v) is 17.3. The Hall–Kier alpha value is -8.15. The maximum atomic E-state index is 13.9. The zero-order valence-electron chi connectivity index (χ0n) is 34.7. The number of aromatic nitrogens is 2. The highest BCUT2D eigenvalue weighted by molar-refractivity contribution is 6.15. The Morgan fingerprint density at radius 2 is 0.889 bits per heavy atom. The van der Waals surface area contributed by atoms with E-state index in [1.165, 1.54) is 21.8 Å². The molecule has 0 amide bonds. The van der Waals surface area contributed by atoms with Gasteiger partial charge >= 0.3 is 0 Å². The Kier molecular flexibility index (Phi) is 7.44. The van der Waals surface area contributed by atoms with Crippen LogP contribution in [0.25, 0.3) is 66.1 Å². The van der Waals surface area contributed by atoms with E-state index < -0.39 is 0 Å². The summed E-state index contributed by atoms with van der Waals surface area (Å²) in [4.78, 5) is 16.2. The topological polar surface area (TPSA) is 39.4 Å². The fraction of sp³-hybridized carbons (Fsp3) is 0.0517. The average molecular weight is 810 g/mol. The van der Waals surface area contributed by atoms with E-state index >= 15 is 0 Å². The van der Waals surface area contributed by atoms with Crippen LogP contribution in [0.15, 0.2) is 200 Å². The van der Waals surface area contributed by atoms with E-state index in [-0.39, 0.29) is 11.2 Å². The van der Waals surface area contributed by atoms with Crippen molar-refractivity contribution in [1.29, 1.82) is 0 Å². The molecule has 5 heteroatoms. The Balaban J connectivity index is 0.990. The monoisotopic (exact) mass is 809 g/mol. The SMILES string of the molecule is CC1(C)c2ccccc2C(=O)c2cc(-c3ccc(-n4c5ccc(N6c7ccccc7Oc7ccccc76)cc5c5cc(-n6c7ccccc7c7ccccc76)ccc54)cc3)ccc21. The number of carbonyl (C=O) groups is 1. The summed E-state index contributed by atoms with van der Waals surface area (Å²) in [6, 6.07) is 70.8. The van der Waals surface area contributed by atoms with Crippen molar-refractivity contribution in [1.82, 2.24) is 9.13 Å². The van der Waals surface area contributed by atoms with E-state index in [4.69, 9.17) is 4.74 Å². The third kappa shape index (κ3) is 5.14. The molecule has 11 aromatic rings. The summed E-state index contributed by atoms with van der Waals surface area (Å²) in [6.07, 6.45) is 0. The quantitative estimate of drug-likeness (QED) is 0.178. The minimum atomic E-state index is -0.269. The standard InChI is InChI=1S/C58H39N3O2/c1-58(2)47-16-6-3-15-43(47)57(62)46-33-37(25-30-48(46)58)36-23-26-38(27-24-36)59-51-31-28-39(60-49-17-7-4-13-41(49)42-14-5-8-18-50(42)60)34-44(51)45-35-40(29-32-52(45)59)61-53-19-9-11-21-55(53)63-56-22-12-10-20-54(56)61/h3-35H,1-2H3. The van der Waals surface area contributed by atoms with Crippen LogP contribution in [0.1, 0.15) is 40.9 Å². The number of ether oxygens (including phenoxy) is 1. The van der Waals surface area contributed by atoms with E-state index in [2.05, 4.69) is 186 Å². The number of para-hydroxylation sites is 6. The van der Waals surface area contributed by atoms with Crippen molar-refractivity contribution in [3.05, 3.63) is 222 Å². The molecule has 9 aromatic carbocycles. The number of hydrogen-bond acceptors (Lipinski definition) is 3. The molecule has 298 valence electrons. The van der Waals surface area contributed by atoms with Gasteiger partial charge in [-0.05, 0) is 113 Å². The first-order valence-corrected chi connectivity index (χ1v) is 21.5. The molecule has 0 fully saturated rings. The van der Waals surface area contributed by atoms with Gasteiger partial charge in [0, 0.05) is 55.1 Å². The first kappa shape index (κ1) is 35.6. The van der Waals surface area contributed by atoms with Crippen LogP contribution in [-0.2, 0) is 5.41 Å². The predicted molar refractivity (Wildman–Crippen MR) is 257 cm³/mol. The van der Waals surface area contributed by atoms with Gasteiger partial charge in [0.25, 0.3) is 0 Å². The van der Waals surface area contributed by atoms with Gasteiger partial charge in [-0.15, -0.1) is 0 Å². The molecule has 0 unspecified atom stereocenters. The van der Waals surface area contributed by atoms with Crippen LogP contribution in [0, 0.1) is 0 Å². The second kappa shape index (κ2) is 13.2. The number of benzene rings is 9. The molecule has 13 rings (SSSR count). The van der Waals surface area contributed by atoms with Gasteiger partial charge in [-0.1, -0.05) is 123 Å². The van der Waals surface area contributed by atoms with Crippen molar-refractivity contribution in [2.24, 2.45) is 0 Å². The van der Waals surface area contributed by atoms with E-state index in [1.54, 1.807) is 0 Å². The maximum absolute atomic E-state index is 13.9. The van der Waals surface area contributed by atoms with Crippen LogP contribution in [-0.4, -0.2) is 14.9 Å². The zero-order valence-corrected chi connectivity index (χ0v) is 34.7. The van der Waals surface area contributed by atoms with Crippen molar-refractivity contribution < 1.29 is 9.53 Å². The van der Waals surface area contributed by atoms with Gasteiger partial charge < -0.3 is 18.8 Å². The van der Waals surface area contributed by atoms with Gasteiger partial charge in [0.15, 0.2) is 17.3 Å². The molecule has 0 bridgehead atoms. The number of hydrogen-bond donors (Lipinski definition) is 0. The number of fused-ring (bicyclic) bond motifs is 10. The molecular weight excluding hydrogens is 771 g/mol. The van der Waals surface area contributed by atoms with Gasteiger partial charge in [-0.2, -0.15) is 0 Å². The molecule has 0 atom stereocenters. The predicted octanol–water partition coefficient (Wildman–Crippen LogP) is 15.0. The van der Waals surface area contributed by atoms with Crippen LogP contribution in [0.4, 0.5) is 17.1 Å². The van der Waals surface area contributed by atoms with Gasteiger partial charge in [-0.25, -0.2) is 0 Å². The summed E-state index contributed by atoms with van der Waals surface area (Å²) in [5.74, 6) is 1.74. The smallest absolute Gasteiger partial charge is 0.193 e. The fourth-order valence-electron chi connectivity index (χ4n) is 10.5. The molecule has 0 saturated heterocycles. The van der Waals surface area contributed by atoms with Crippen molar-refractivity contribution in [2.45, 2.75) is 19.3 Å². The Labute approximate surface area is 364 Å². The van der Waals surface area contributed by atoms with Crippen LogP contribution in [0.2, 0.25) is 0 Å². The fourth-order valence-corrected chi connectivity index (χ4v) is 10.5. The Bertz CT molecular complexity index is 3620. The third-order valence-corrected chi connectivity index (χ3v) is 13.5. The van der Waals surface area contributed by atoms with Crippen LogP contribution >= 0.6 is 0 Å². The highest BCUT2D eigenvalue weighted by atomic mass is 16.5. The van der Waals surface area contributed by atoms with Crippen molar-refractivity contribution >= 4 is 66.5 Å². The van der Waals surface area contributed by atoms with E-state index in [0.717, 1.165) is 95.1 Å². The molecule has 1 aliphatic heterocycles. The zero-order chi connectivity index (χ0) is 42.0.